The summed E-state index contributed by atoms with van der Waals surface area (Å²) in [4.78, 5) is 1.36. The summed E-state index contributed by atoms with van der Waals surface area (Å²) in [6.07, 6.45) is 1.86. The molecule has 0 saturated carbocycles. The summed E-state index contributed by atoms with van der Waals surface area (Å²) >= 11 is 1.77. The fraction of sp³-hybridized carbons (Fsp3) is 0.333. The largest absolute Gasteiger partial charge is 0.486 e. The average molecular weight is 290 g/mol. The van der Waals surface area contributed by atoms with Crippen LogP contribution in [0, 0.1) is 0 Å². The monoisotopic (exact) mass is 290 g/mol. The molecule has 1 aliphatic rings. The molecule has 1 aliphatic heterocycles. The molecule has 1 aromatic heterocycles. The van der Waals surface area contributed by atoms with Crippen molar-refractivity contribution in [1.29, 1.82) is 0 Å². The molecule has 2 atom stereocenters. The maximum atomic E-state index is 5.99. The van der Waals surface area contributed by atoms with Gasteiger partial charge in [-0.1, -0.05) is 18.2 Å². The molecule has 0 bridgehead atoms. The van der Waals surface area contributed by atoms with Crippen molar-refractivity contribution in [2.45, 2.75) is 25.0 Å². The molecular weight excluding hydrogens is 272 g/mol. The number of nitrogens with two attached hydrogens (primary N) is 1. The Labute approximate surface area is 122 Å². The van der Waals surface area contributed by atoms with Gasteiger partial charge in [0.2, 0.25) is 0 Å². The Kier molecular flexibility index (Phi) is 4.20. The Balaban J connectivity index is 1.62. The molecule has 20 heavy (non-hydrogen) atoms. The maximum Gasteiger partial charge on any atom is 0.161 e. The molecule has 4 nitrogen and oxygen atoms in total. The van der Waals surface area contributed by atoms with Crippen LogP contribution in [-0.4, -0.2) is 18.8 Å². The van der Waals surface area contributed by atoms with E-state index in [2.05, 4.69) is 22.9 Å². The van der Waals surface area contributed by atoms with E-state index in [1.165, 1.54) is 4.88 Å². The van der Waals surface area contributed by atoms with Crippen molar-refractivity contribution in [2.75, 3.05) is 6.61 Å². The number of aryl methyl sites for hydroxylation is 1. The molecule has 0 radical (unpaired) electrons. The van der Waals surface area contributed by atoms with Gasteiger partial charge in [-0.25, -0.2) is 0 Å². The number of hydrogen-bond acceptors (Lipinski definition) is 5. The van der Waals surface area contributed by atoms with Crippen LogP contribution in [0.25, 0.3) is 0 Å². The van der Waals surface area contributed by atoms with E-state index in [4.69, 9.17) is 15.3 Å². The van der Waals surface area contributed by atoms with E-state index in [1.807, 2.05) is 24.3 Å². The van der Waals surface area contributed by atoms with Gasteiger partial charge < -0.3 is 9.47 Å². The van der Waals surface area contributed by atoms with Gasteiger partial charge in [-0.15, -0.1) is 11.3 Å². The first kappa shape index (κ1) is 13.4. The van der Waals surface area contributed by atoms with Gasteiger partial charge in [0.25, 0.3) is 0 Å². The highest BCUT2D eigenvalue weighted by atomic mass is 32.1. The number of hydrazine groups is 1. The van der Waals surface area contributed by atoms with E-state index in [0.29, 0.717) is 6.61 Å². The summed E-state index contributed by atoms with van der Waals surface area (Å²) in [7, 11) is 0. The summed E-state index contributed by atoms with van der Waals surface area (Å²) < 4.78 is 11.7. The van der Waals surface area contributed by atoms with Crippen LogP contribution in [0.1, 0.15) is 11.3 Å². The number of fused-ring (bicyclic) bond motifs is 1. The van der Waals surface area contributed by atoms with Crippen molar-refractivity contribution < 1.29 is 9.47 Å². The molecule has 2 aromatic rings. The van der Waals surface area contributed by atoms with E-state index in [9.17, 15) is 0 Å². The van der Waals surface area contributed by atoms with E-state index in [-0.39, 0.29) is 12.1 Å². The zero-order valence-electron chi connectivity index (χ0n) is 11.1. The van der Waals surface area contributed by atoms with Crippen LogP contribution in [0.4, 0.5) is 0 Å². The smallest absolute Gasteiger partial charge is 0.161 e. The summed E-state index contributed by atoms with van der Waals surface area (Å²) in [6, 6.07) is 12.0. The van der Waals surface area contributed by atoms with Crippen LogP contribution in [0.3, 0.4) is 0 Å². The molecule has 106 valence electrons. The minimum atomic E-state index is -0.0603. The van der Waals surface area contributed by atoms with E-state index < -0.39 is 0 Å². The van der Waals surface area contributed by atoms with Crippen molar-refractivity contribution in [3.05, 3.63) is 46.7 Å². The third kappa shape index (κ3) is 2.95. The number of benzene rings is 1. The van der Waals surface area contributed by atoms with Gasteiger partial charge in [-0.2, -0.15) is 0 Å². The fourth-order valence-electron chi connectivity index (χ4n) is 2.36. The lowest BCUT2D eigenvalue weighted by Gasteiger charge is -2.31. The first-order valence-corrected chi connectivity index (χ1v) is 7.62. The van der Waals surface area contributed by atoms with E-state index in [1.54, 1.807) is 11.3 Å². The second-order valence-electron chi connectivity index (χ2n) is 4.81. The Hall–Kier alpha value is -1.56. The lowest BCUT2D eigenvalue weighted by atomic mass is 10.0. The number of ether oxygens (including phenoxy) is 2. The topological polar surface area (TPSA) is 56.5 Å². The Morgan fingerprint density at radius 2 is 2.10 bits per heavy atom. The molecule has 0 fully saturated rings. The molecule has 5 heteroatoms. The number of rotatable bonds is 5. The predicted molar refractivity (Wildman–Crippen MR) is 80.1 cm³/mol. The normalized spacial score (nSPS) is 18.8. The van der Waals surface area contributed by atoms with Crippen LogP contribution in [0.15, 0.2) is 41.8 Å². The SMILES string of the molecule is NNC(CCc1cccs1)C1COc2ccccc2O1. The molecule has 3 N–H and O–H groups in total. The quantitative estimate of drug-likeness (QED) is 0.655. The van der Waals surface area contributed by atoms with Gasteiger partial charge in [0.15, 0.2) is 11.5 Å². The first-order chi connectivity index (χ1) is 9.86. The molecule has 2 unspecified atom stereocenters. The average Bonchev–Trinajstić information content (AvgIpc) is 3.01. The lowest BCUT2D eigenvalue weighted by Crippen LogP contribution is -2.50. The molecule has 0 amide bonds. The van der Waals surface area contributed by atoms with Crippen LogP contribution < -0.4 is 20.7 Å². The number of nitrogens with one attached hydrogen (secondary N) is 1. The van der Waals surface area contributed by atoms with Crippen molar-refractivity contribution in [3.63, 3.8) is 0 Å². The zero-order valence-corrected chi connectivity index (χ0v) is 11.9. The third-order valence-electron chi connectivity index (χ3n) is 3.48. The highest BCUT2D eigenvalue weighted by molar-refractivity contribution is 7.09. The minimum Gasteiger partial charge on any atom is -0.486 e. The summed E-state index contributed by atoms with van der Waals surface area (Å²) in [5.41, 5.74) is 2.86. The molecule has 3 rings (SSSR count). The number of para-hydroxylation sites is 2. The van der Waals surface area contributed by atoms with Crippen LogP contribution in [0.5, 0.6) is 11.5 Å². The van der Waals surface area contributed by atoms with Gasteiger partial charge in [0, 0.05) is 4.88 Å². The Bertz CT molecular complexity index is 545. The van der Waals surface area contributed by atoms with Crippen molar-refractivity contribution in [1.82, 2.24) is 5.43 Å². The molecule has 0 aliphatic carbocycles. The minimum absolute atomic E-state index is 0.0603. The Morgan fingerprint density at radius 1 is 1.25 bits per heavy atom. The summed E-state index contributed by atoms with van der Waals surface area (Å²) in [6.45, 7) is 0.524. The van der Waals surface area contributed by atoms with Crippen LogP contribution in [0.2, 0.25) is 0 Å². The fourth-order valence-corrected chi connectivity index (χ4v) is 3.09. The van der Waals surface area contributed by atoms with Crippen molar-refractivity contribution >= 4 is 11.3 Å². The van der Waals surface area contributed by atoms with Gasteiger partial charge in [0.1, 0.15) is 12.7 Å². The summed E-state index contributed by atoms with van der Waals surface area (Å²) in [5, 5.41) is 2.09. The summed E-state index contributed by atoms with van der Waals surface area (Å²) in [5.74, 6) is 7.28. The molecular formula is C15H18N2O2S. The highest BCUT2D eigenvalue weighted by Gasteiger charge is 2.28. The zero-order chi connectivity index (χ0) is 13.8. The molecule has 2 heterocycles. The van der Waals surface area contributed by atoms with Gasteiger partial charge in [-0.3, -0.25) is 11.3 Å². The van der Waals surface area contributed by atoms with Crippen molar-refractivity contribution in [2.24, 2.45) is 5.84 Å². The lowest BCUT2D eigenvalue weighted by molar-refractivity contribution is 0.0596. The highest BCUT2D eigenvalue weighted by Crippen LogP contribution is 2.32. The van der Waals surface area contributed by atoms with E-state index >= 15 is 0 Å². The van der Waals surface area contributed by atoms with Crippen molar-refractivity contribution in [3.8, 4) is 11.5 Å². The third-order valence-corrected chi connectivity index (χ3v) is 4.41. The number of hydrogen-bond donors (Lipinski definition) is 2. The predicted octanol–water partition coefficient (Wildman–Crippen LogP) is 2.35. The van der Waals surface area contributed by atoms with Gasteiger partial charge in [-0.05, 0) is 36.4 Å². The molecule has 1 aromatic carbocycles. The maximum absolute atomic E-state index is 5.99. The van der Waals surface area contributed by atoms with Gasteiger partial charge in [0.05, 0.1) is 6.04 Å². The number of thiophene rings is 1. The first-order valence-electron chi connectivity index (χ1n) is 6.74. The van der Waals surface area contributed by atoms with Gasteiger partial charge >= 0.3 is 0 Å². The second-order valence-corrected chi connectivity index (χ2v) is 5.84. The molecule has 0 spiro atoms. The van der Waals surface area contributed by atoms with Crippen LogP contribution >= 0.6 is 11.3 Å². The Morgan fingerprint density at radius 3 is 2.85 bits per heavy atom. The van der Waals surface area contributed by atoms with E-state index in [0.717, 1.165) is 24.3 Å². The molecule has 0 saturated heterocycles. The second kappa shape index (κ2) is 6.26. The standard InChI is InChI=1S/C15H18N2O2S/c16-17-12(8-7-11-4-3-9-20-11)15-10-18-13-5-1-2-6-14(13)19-15/h1-6,9,12,15,17H,7-8,10,16H2. The van der Waals surface area contributed by atoms with Crippen LogP contribution in [-0.2, 0) is 6.42 Å².